The van der Waals surface area contributed by atoms with Gasteiger partial charge in [-0.2, -0.15) is 0 Å². The van der Waals surface area contributed by atoms with E-state index in [1.807, 2.05) is 0 Å². The molecule has 0 saturated heterocycles. The van der Waals surface area contributed by atoms with Crippen LogP contribution in [0.15, 0.2) is 156 Å². The second-order valence-electron chi connectivity index (χ2n) is 17.5. The first-order chi connectivity index (χ1) is 35.6. The molecule has 5 aromatic carbocycles. The summed E-state index contributed by atoms with van der Waals surface area (Å²) in [6.07, 6.45) is 6.70. The van der Waals surface area contributed by atoms with Crippen molar-refractivity contribution in [1.82, 2.24) is 0 Å². The van der Waals surface area contributed by atoms with Gasteiger partial charge in [0, 0.05) is 34.8 Å². The van der Waals surface area contributed by atoms with E-state index in [9.17, 15) is 49.5 Å². The summed E-state index contributed by atoms with van der Waals surface area (Å²) < 4.78 is 26.2. The Morgan fingerprint density at radius 3 is 1.31 bits per heavy atom. The first-order valence-electron chi connectivity index (χ1n) is 23.3. The summed E-state index contributed by atoms with van der Waals surface area (Å²) in [6, 6.07) is 33.3. The number of hydrogen-bond donors (Lipinski definition) is 0. The van der Waals surface area contributed by atoms with E-state index in [2.05, 4.69) is 0 Å². The lowest BCUT2D eigenvalue weighted by Gasteiger charge is -2.36. The molecule has 1 heterocycles. The third-order valence-electron chi connectivity index (χ3n) is 13.5. The lowest BCUT2D eigenvalue weighted by atomic mass is 9.64. The maximum absolute atomic E-state index is 13.6. The molecule has 2 saturated carbocycles. The molecule has 18 heteroatoms. The highest BCUT2D eigenvalue weighted by Crippen LogP contribution is 2.48. The minimum atomic E-state index is -1.39. The Labute approximate surface area is 424 Å². The van der Waals surface area contributed by atoms with Gasteiger partial charge < -0.3 is 23.4 Å². The predicted octanol–water partition coefficient (Wildman–Crippen LogP) is 9.68. The molecular formula is C56H51N3O15. The molecule has 380 valence electrons. The minimum absolute atomic E-state index is 0.123. The molecule has 8 rings (SSSR count). The number of nitro groups is 3. The van der Waals surface area contributed by atoms with Crippen molar-refractivity contribution in [3.8, 4) is 23.0 Å². The molecule has 0 aliphatic heterocycles. The standard InChI is InChI=1S/C29H26N2O8.C27H25NO7/c1-38-22-11-6-18(7-12-22)8-15-25(32)28-26(33)17-24(19-9-13-23(39-2)14-10-19)29(31(36)37)27(28)20-4-3-5-21(16-20)30(34)35;1-33-19-10-5-17(6-11-19)7-14-22(29)25-23(30)16-21(18-8-12-20(34-2)13-9-18)27(28(31)32)26(25)24-4-3-15-35-24/h3-16,24,27-29H,17H2,1-2H3;3-15,21,25-27H,16H2,1-2H3. The number of carbonyl (C=O) groups excluding carboxylic acids is 4. The molecule has 0 amide bonds. The molecule has 2 fully saturated rings. The van der Waals surface area contributed by atoms with Crippen molar-refractivity contribution in [3.63, 3.8) is 0 Å². The fraction of sp³-hybridized carbons (Fsp3) is 0.250. The van der Waals surface area contributed by atoms with E-state index in [-0.39, 0.29) is 35.6 Å². The SMILES string of the molecule is COc1ccc(C=CC(=O)C2C(=O)CC(c3ccc(OC)cc3)C([N+](=O)[O-])C2c2cccc([N+](=O)[O-])c2)cc1.COc1ccc(C=CC(=O)C2C(=O)CC(c3ccc(OC)cc3)C([N+](=O)[O-])C2c2ccco2)cc1. The van der Waals surface area contributed by atoms with E-state index in [0.29, 0.717) is 39.7 Å². The molecule has 2 aliphatic carbocycles. The lowest BCUT2D eigenvalue weighted by molar-refractivity contribution is -0.533. The summed E-state index contributed by atoms with van der Waals surface area (Å²) >= 11 is 0. The number of nitro benzene ring substituents is 1. The maximum atomic E-state index is 13.6. The second kappa shape index (κ2) is 23.9. The third kappa shape index (κ3) is 12.0. The molecule has 18 nitrogen and oxygen atoms in total. The summed E-state index contributed by atoms with van der Waals surface area (Å²) in [6.45, 7) is 0. The van der Waals surface area contributed by atoms with Gasteiger partial charge in [0.1, 0.15) is 46.2 Å². The van der Waals surface area contributed by atoms with Crippen LogP contribution in [0.25, 0.3) is 12.2 Å². The topological polar surface area (TPSA) is 248 Å². The Bertz CT molecular complexity index is 3040. The van der Waals surface area contributed by atoms with Gasteiger partial charge in [0.25, 0.3) is 5.69 Å². The van der Waals surface area contributed by atoms with Crippen LogP contribution in [0.3, 0.4) is 0 Å². The fourth-order valence-electron chi connectivity index (χ4n) is 9.83. The monoisotopic (exact) mass is 1010 g/mol. The van der Waals surface area contributed by atoms with Crippen LogP contribution >= 0.6 is 0 Å². The predicted molar refractivity (Wildman–Crippen MR) is 271 cm³/mol. The quantitative estimate of drug-likeness (QED) is 0.0357. The summed E-state index contributed by atoms with van der Waals surface area (Å²) in [4.78, 5) is 88.6. The average Bonchev–Trinajstić information content (AvgIpc) is 3.96. The molecule has 1 aromatic heterocycles. The van der Waals surface area contributed by atoms with Crippen LogP contribution < -0.4 is 18.9 Å². The second-order valence-corrected chi connectivity index (χ2v) is 17.5. The Morgan fingerprint density at radius 2 is 0.932 bits per heavy atom. The Kier molecular flexibility index (Phi) is 17.0. The molecular weight excluding hydrogens is 955 g/mol. The smallest absolute Gasteiger partial charge is 0.269 e. The van der Waals surface area contributed by atoms with Crippen LogP contribution in [0.2, 0.25) is 0 Å². The molecule has 8 atom stereocenters. The number of allylic oxidation sites excluding steroid dienone is 2. The van der Waals surface area contributed by atoms with Gasteiger partial charge in [-0.3, -0.25) is 49.5 Å². The molecule has 0 spiro atoms. The summed E-state index contributed by atoms with van der Waals surface area (Å²) in [5.41, 5.74) is 2.49. The van der Waals surface area contributed by atoms with Crippen molar-refractivity contribution in [3.05, 3.63) is 216 Å². The van der Waals surface area contributed by atoms with Crippen LogP contribution in [-0.4, -0.2) is 78.4 Å². The normalized spacial score (nSPS) is 21.5. The Morgan fingerprint density at radius 1 is 0.527 bits per heavy atom. The van der Waals surface area contributed by atoms with Crippen molar-refractivity contribution in [2.24, 2.45) is 11.8 Å². The molecule has 0 radical (unpaired) electrons. The van der Waals surface area contributed by atoms with Crippen LogP contribution in [-0.2, 0) is 19.2 Å². The number of carbonyl (C=O) groups is 4. The van der Waals surface area contributed by atoms with Crippen molar-refractivity contribution < 1.29 is 57.3 Å². The van der Waals surface area contributed by atoms with Gasteiger partial charge in [-0.05, 0) is 101 Å². The van der Waals surface area contributed by atoms with Gasteiger partial charge in [0.05, 0.1) is 69.2 Å². The zero-order valence-corrected chi connectivity index (χ0v) is 40.6. The highest BCUT2D eigenvalue weighted by molar-refractivity contribution is 6.11. The number of nitrogens with zero attached hydrogens (tertiary/aromatic N) is 3. The van der Waals surface area contributed by atoms with E-state index in [4.69, 9.17) is 23.4 Å². The van der Waals surface area contributed by atoms with Crippen molar-refractivity contribution in [2.75, 3.05) is 28.4 Å². The first kappa shape index (κ1) is 52.8. The summed E-state index contributed by atoms with van der Waals surface area (Å²) in [5, 5.41) is 36.4. The number of furan rings is 1. The zero-order valence-electron chi connectivity index (χ0n) is 40.6. The number of Topliss-reactive ketones (excluding diaryl/α,β-unsaturated/α-hetero) is 2. The maximum Gasteiger partial charge on any atom is 0.269 e. The number of rotatable bonds is 17. The molecule has 6 aromatic rings. The van der Waals surface area contributed by atoms with Crippen molar-refractivity contribution >= 4 is 41.0 Å². The van der Waals surface area contributed by atoms with Crippen LogP contribution in [0.1, 0.15) is 70.1 Å². The van der Waals surface area contributed by atoms with E-state index in [1.165, 1.54) is 70.1 Å². The Balaban J connectivity index is 0.000000217. The van der Waals surface area contributed by atoms with Gasteiger partial charge in [-0.25, -0.2) is 0 Å². The van der Waals surface area contributed by atoms with Crippen molar-refractivity contribution in [1.29, 1.82) is 0 Å². The number of benzene rings is 5. The zero-order chi connectivity index (χ0) is 53.1. The number of non-ortho nitro benzene ring substituents is 1. The Hall–Kier alpha value is -9.06. The largest absolute Gasteiger partial charge is 0.497 e. The van der Waals surface area contributed by atoms with E-state index in [0.717, 1.165) is 5.56 Å². The molecule has 74 heavy (non-hydrogen) atoms. The molecule has 8 unspecified atom stereocenters. The summed E-state index contributed by atoms with van der Waals surface area (Å²) in [7, 11) is 6.11. The number of hydrogen-bond acceptors (Lipinski definition) is 15. The van der Waals surface area contributed by atoms with Gasteiger partial charge in [-0.1, -0.05) is 72.8 Å². The minimum Gasteiger partial charge on any atom is -0.497 e. The van der Waals surface area contributed by atoms with E-state index in [1.54, 1.807) is 122 Å². The summed E-state index contributed by atoms with van der Waals surface area (Å²) in [5.74, 6) is -5.64. The van der Waals surface area contributed by atoms with Gasteiger partial charge >= 0.3 is 0 Å². The highest BCUT2D eigenvalue weighted by atomic mass is 16.6. The van der Waals surface area contributed by atoms with E-state index >= 15 is 0 Å². The average molecular weight is 1010 g/mol. The number of ketones is 4. The lowest BCUT2D eigenvalue weighted by Crippen LogP contribution is -2.48. The number of ether oxygens (including phenoxy) is 4. The van der Waals surface area contributed by atoms with Gasteiger partial charge in [0.2, 0.25) is 12.1 Å². The fourth-order valence-corrected chi connectivity index (χ4v) is 9.83. The third-order valence-corrected chi connectivity index (χ3v) is 13.5. The van der Waals surface area contributed by atoms with Gasteiger partial charge in [-0.15, -0.1) is 0 Å². The van der Waals surface area contributed by atoms with Crippen LogP contribution in [0, 0.1) is 42.2 Å². The van der Waals surface area contributed by atoms with Gasteiger partial charge in [0.15, 0.2) is 11.6 Å². The molecule has 0 N–H and O–H groups in total. The van der Waals surface area contributed by atoms with E-state index < -0.39 is 79.7 Å². The van der Waals surface area contributed by atoms with Crippen LogP contribution in [0.5, 0.6) is 23.0 Å². The molecule has 2 aliphatic rings. The van der Waals surface area contributed by atoms with Crippen molar-refractivity contribution in [2.45, 2.75) is 48.6 Å². The number of methoxy groups -OCH3 is 4. The first-order valence-corrected chi connectivity index (χ1v) is 23.3. The molecule has 0 bridgehead atoms. The van der Waals surface area contributed by atoms with Crippen LogP contribution in [0.4, 0.5) is 5.69 Å². The highest BCUT2D eigenvalue weighted by Gasteiger charge is 2.56.